The first-order chi connectivity index (χ1) is 7.48. The number of ether oxygens (including phenoxy) is 1. The Kier molecular flexibility index (Phi) is 5.35. The van der Waals surface area contributed by atoms with Crippen molar-refractivity contribution in [1.82, 2.24) is 0 Å². The van der Waals surface area contributed by atoms with Gasteiger partial charge in [-0.3, -0.25) is 4.55 Å². The van der Waals surface area contributed by atoms with Crippen molar-refractivity contribution in [3.05, 3.63) is 12.7 Å². The minimum atomic E-state index is -4.18. The highest BCUT2D eigenvalue weighted by Gasteiger charge is 2.36. The molecule has 17 heavy (non-hydrogen) atoms. The average Bonchev–Trinajstić information content (AvgIpc) is 2.10. The van der Waals surface area contributed by atoms with Gasteiger partial charge in [-0.05, 0) is 12.3 Å². The lowest BCUT2D eigenvalue weighted by Gasteiger charge is -2.29. The molecule has 0 amide bonds. The molecule has 5 nitrogen and oxygen atoms in total. The highest BCUT2D eigenvalue weighted by molar-refractivity contribution is 7.86. The second kappa shape index (κ2) is 5.64. The number of hydrogen-bond acceptors (Lipinski definition) is 4. The molecule has 100 valence electrons. The van der Waals surface area contributed by atoms with E-state index in [1.165, 1.54) is 0 Å². The maximum atomic E-state index is 11.3. The van der Waals surface area contributed by atoms with Crippen LogP contribution in [0.25, 0.3) is 0 Å². The zero-order valence-electron chi connectivity index (χ0n) is 10.6. The topological polar surface area (TPSA) is 80.7 Å². The highest BCUT2D eigenvalue weighted by Crippen LogP contribution is 2.29. The minimum Gasteiger partial charge on any atom is -0.459 e. The van der Waals surface area contributed by atoms with E-state index >= 15 is 0 Å². The lowest BCUT2D eigenvalue weighted by atomic mass is 9.88. The van der Waals surface area contributed by atoms with E-state index in [4.69, 9.17) is 9.29 Å². The van der Waals surface area contributed by atoms with Gasteiger partial charge in [0.25, 0.3) is 10.1 Å². The van der Waals surface area contributed by atoms with Crippen molar-refractivity contribution in [2.24, 2.45) is 5.41 Å². The molecule has 0 rings (SSSR count). The molecular weight excluding hydrogens is 244 g/mol. The molecule has 0 aromatic carbocycles. The summed E-state index contributed by atoms with van der Waals surface area (Å²) in [6.07, 6.45) is 0.449. The van der Waals surface area contributed by atoms with Gasteiger partial charge >= 0.3 is 5.97 Å². The van der Waals surface area contributed by atoms with E-state index in [1.54, 1.807) is 27.7 Å². The maximum absolute atomic E-state index is 11.3. The number of carbonyl (C=O) groups is 1. The van der Waals surface area contributed by atoms with E-state index in [9.17, 15) is 13.2 Å². The van der Waals surface area contributed by atoms with E-state index in [0.717, 1.165) is 6.08 Å². The quantitative estimate of drug-likeness (QED) is 0.465. The molecule has 0 aromatic heterocycles. The van der Waals surface area contributed by atoms with E-state index in [1.807, 2.05) is 0 Å². The van der Waals surface area contributed by atoms with E-state index in [2.05, 4.69) is 6.58 Å². The van der Waals surface area contributed by atoms with Gasteiger partial charge in [0.1, 0.15) is 6.10 Å². The van der Waals surface area contributed by atoms with Crippen molar-refractivity contribution < 1.29 is 22.5 Å². The normalized spacial score (nSPS) is 16.1. The maximum Gasteiger partial charge on any atom is 0.330 e. The Labute approximate surface area is 103 Å². The third kappa shape index (κ3) is 5.83. The van der Waals surface area contributed by atoms with Crippen molar-refractivity contribution in [3.8, 4) is 0 Å². The molecule has 0 fully saturated rings. The molecule has 0 spiro atoms. The van der Waals surface area contributed by atoms with E-state index < -0.39 is 32.9 Å². The molecule has 0 saturated carbocycles. The summed E-state index contributed by atoms with van der Waals surface area (Å²) >= 11 is 0. The van der Waals surface area contributed by atoms with Gasteiger partial charge in [0, 0.05) is 12.5 Å². The second-order valence-corrected chi connectivity index (χ2v) is 6.66. The average molecular weight is 264 g/mol. The fraction of sp³-hybridized carbons (Fsp3) is 0.727. The van der Waals surface area contributed by atoms with Crippen LogP contribution in [0.2, 0.25) is 0 Å². The third-order valence-electron chi connectivity index (χ3n) is 2.36. The monoisotopic (exact) mass is 264 g/mol. The van der Waals surface area contributed by atoms with Crippen LogP contribution in [0.5, 0.6) is 0 Å². The van der Waals surface area contributed by atoms with Gasteiger partial charge in [0.2, 0.25) is 0 Å². The lowest BCUT2D eigenvalue weighted by Crippen LogP contribution is -2.37. The van der Waals surface area contributed by atoms with Crippen LogP contribution in [0, 0.1) is 5.41 Å². The third-order valence-corrected chi connectivity index (χ3v) is 3.97. The predicted molar refractivity (Wildman–Crippen MR) is 65.2 cm³/mol. The smallest absolute Gasteiger partial charge is 0.330 e. The molecular formula is C11H20O5S. The first kappa shape index (κ1) is 16.1. The fourth-order valence-electron chi connectivity index (χ4n) is 1.52. The van der Waals surface area contributed by atoms with Crippen LogP contribution in [-0.4, -0.2) is 30.3 Å². The van der Waals surface area contributed by atoms with Gasteiger partial charge in [-0.1, -0.05) is 27.4 Å². The minimum absolute atomic E-state index is 0.0436. The first-order valence-corrected chi connectivity index (χ1v) is 6.78. The number of hydrogen-bond donors (Lipinski definition) is 1. The Morgan fingerprint density at radius 1 is 1.47 bits per heavy atom. The molecule has 2 atom stereocenters. The summed E-state index contributed by atoms with van der Waals surface area (Å²) in [6, 6.07) is 0. The fourth-order valence-corrected chi connectivity index (χ4v) is 2.93. The second-order valence-electron chi connectivity index (χ2n) is 5.06. The summed E-state index contributed by atoms with van der Waals surface area (Å²) in [6.45, 7) is 9.93. The Balaban J connectivity index is 4.79. The van der Waals surface area contributed by atoms with Crippen LogP contribution < -0.4 is 0 Å². The van der Waals surface area contributed by atoms with Gasteiger partial charge in [-0.2, -0.15) is 8.42 Å². The van der Waals surface area contributed by atoms with Gasteiger partial charge in [0.05, 0.1) is 5.25 Å². The zero-order chi connectivity index (χ0) is 13.9. The molecule has 0 saturated heterocycles. The highest BCUT2D eigenvalue weighted by atomic mass is 32.2. The molecule has 0 bridgehead atoms. The van der Waals surface area contributed by atoms with Crippen LogP contribution >= 0.6 is 0 Å². The van der Waals surface area contributed by atoms with Crippen LogP contribution in [0.4, 0.5) is 0 Å². The first-order valence-electron chi connectivity index (χ1n) is 5.28. The van der Waals surface area contributed by atoms with Crippen molar-refractivity contribution >= 4 is 16.1 Å². The molecule has 0 aliphatic carbocycles. The standard InChI is InChI=1S/C11H20O5S/c1-6-10(12)16-8(2)7-9(11(3,4)5)17(13,14)15/h6,8-9H,1,7H2,2-5H3,(H,13,14,15). The zero-order valence-corrected chi connectivity index (χ0v) is 11.5. The molecule has 0 aliphatic heterocycles. The van der Waals surface area contributed by atoms with Crippen LogP contribution in [0.1, 0.15) is 34.1 Å². The Morgan fingerprint density at radius 2 is 1.94 bits per heavy atom. The summed E-state index contributed by atoms with van der Waals surface area (Å²) in [7, 11) is -4.18. The molecule has 0 aromatic rings. The Bertz CT molecular complexity index is 377. The molecule has 6 heteroatoms. The van der Waals surface area contributed by atoms with Crippen molar-refractivity contribution in [3.63, 3.8) is 0 Å². The van der Waals surface area contributed by atoms with Crippen molar-refractivity contribution in [2.45, 2.75) is 45.5 Å². The largest absolute Gasteiger partial charge is 0.459 e. The number of rotatable bonds is 5. The summed E-state index contributed by atoms with van der Waals surface area (Å²) in [4.78, 5) is 11.0. The van der Waals surface area contributed by atoms with Gasteiger partial charge in [-0.15, -0.1) is 0 Å². The van der Waals surface area contributed by atoms with Crippen molar-refractivity contribution in [1.29, 1.82) is 0 Å². The van der Waals surface area contributed by atoms with Gasteiger partial charge in [-0.25, -0.2) is 4.79 Å². The summed E-state index contributed by atoms with van der Waals surface area (Å²) < 4.78 is 36.6. The SMILES string of the molecule is C=CC(=O)OC(C)CC(C(C)(C)C)S(=O)(=O)O. The summed E-state index contributed by atoms with van der Waals surface area (Å²) in [5.74, 6) is -0.611. The molecule has 0 aliphatic rings. The summed E-state index contributed by atoms with van der Waals surface area (Å²) in [5.41, 5.74) is -0.636. The molecule has 0 heterocycles. The Morgan fingerprint density at radius 3 is 2.24 bits per heavy atom. The van der Waals surface area contributed by atoms with Gasteiger partial charge in [0.15, 0.2) is 0 Å². The molecule has 1 N–H and O–H groups in total. The van der Waals surface area contributed by atoms with Crippen LogP contribution in [-0.2, 0) is 19.6 Å². The molecule has 0 radical (unpaired) electrons. The molecule has 2 unspecified atom stereocenters. The predicted octanol–water partition coefficient (Wildman–Crippen LogP) is 1.80. The van der Waals surface area contributed by atoms with E-state index in [-0.39, 0.29) is 6.42 Å². The Hall–Kier alpha value is -0.880. The van der Waals surface area contributed by atoms with Gasteiger partial charge < -0.3 is 4.74 Å². The number of esters is 1. The van der Waals surface area contributed by atoms with Crippen molar-refractivity contribution in [2.75, 3.05) is 0 Å². The number of carbonyl (C=O) groups excluding carboxylic acids is 1. The summed E-state index contributed by atoms with van der Waals surface area (Å²) in [5, 5.41) is -0.984. The van der Waals surface area contributed by atoms with E-state index in [0.29, 0.717) is 0 Å². The van der Waals surface area contributed by atoms with Crippen LogP contribution in [0.15, 0.2) is 12.7 Å². The lowest BCUT2D eigenvalue weighted by molar-refractivity contribution is -0.142. The van der Waals surface area contributed by atoms with Crippen LogP contribution in [0.3, 0.4) is 0 Å².